The lowest BCUT2D eigenvalue weighted by molar-refractivity contribution is -0.143. The molecular weight excluding hydrogens is 354 g/mol. The van der Waals surface area contributed by atoms with Crippen molar-refractivity contribution in [3.63, 3.8) is 0 Å². The Labute approximate surface area is 157 Å². The van der Waals surface area contributed by atoms with E-state index in [9.17, 15) is 14.7 Å². The molecule has 0 aliphatic carbocycles. The third kappa shape index (κ3) is 4.35. The maximum atomic E-state index is 12.9. The molecule has 26 heavy (non-hydrogen) atoms. The molecule has 1 heterocycles. The number of rotatable bonds is 5. The van der Waals surface area contributed by atoms with E-state index >= 15 is 0 Å². The van der Waals surface area contributed by atoms with Gasteiger partial charge in [-0.15, -0.1) is 0 Å². The Balaban J connectivity index is 1.72. The van der Waals surface area contributed by atoms with Gasteiger partial charge in [0.2, 0.25) is 0 Å². The highest BCUT2D eigenvalue weighted by atomic mass is 35.5. The molecule has 1 atom stereocenters. The summed E-state index contributed by atoms with van der Waals surface area (Å²) < 4.78 is 5.84. The number of carboxylic acid groups (broad SMARTS) is 1. The predicted octanol–water partition coefficient (Wildman–Crippen LogP) is 3.86. The Morgan fingerprint density at radius 2 is 1.88 bits per heavy atom. The first-order valence-corrected chi connectivity index (χ1v) is 8.91. The molecule has 5 nitrogen and oxygen atoms in total. The zero-order valence-electron chi connectivity index (χ0n) is 14.2. The van der Waals surface area contributed by atoms with E-state index < -0.39 is 11.9 Å². The largest absolute Gasteiger partial charge is 0.488 e. The molecule has 1 aliphatic heterocycles. The lowest BCUT2D eigenvalue weighted by Gasteiger charge is -2.31. The summed E-state index contributed by atoms with van der Waals surface area (Å²) in [6.45, 7) is 1.12. The number of carbonyl (C=O) groups excluding carboxylic acids is 1. The number of amides is 1. The number of hydrogen-bond acceptors (Lipinski definition) is 3. The van der Waals surface area contributed by atoms with Gasteiger partial charge < -0.3 is 14.7 Å². The van der Waals surface area contributed by atoms with E-state index in [-0.39, 0.29) is 12.5 Å². The Morgan fingerprint density at radius 1 is 1.15 bits per heavy atom. The SMILES string of the molecule is O=C(O)C1CCCN(C(=O)c2ccccc2OCc2ccc(Cl)cc2)C1. The van der Waals surface area contributed by atoms with Crippen LogP contribution in [0.15, 0.2) is 48.5 Å². The number of likely N-dealkylation sites (tertiary alicyclic amines) is 1. The minimum Gasteiger partial charge on any atom is -0.488 e. The van der Waals surface area contributed by atoms with Gasteiger partial charge in [0.1, 0.15) is 12.4 Å². The van der Waals surface area contributed by atoms with Crippen LogP contribution in [0.4, 0.5) is 0 Å². The van der Waals surface area contributed by atoms with Crippen LogP contribution in [0, 0.1) is 5.92 Å². The van der Waals surface area contributed by atoms with Gasteiger partial charge in [0.15, 0.2) is 0 Å². The van der Waals surface area contributed by atoms with Crippen LogP contribution in [0.5, 0.6) is 5.75 Å². The van der Waals surface area contributed by atoms with Crippen molar-refractivity contribution in [2.75, 3.05) is 13.1 Å². The molecule has 1 saturated heterocycles. The number of halogens is 1. The van der Waals surface area contributed by atoms with Crippen LogP contribution in [0.1, 0.15) is 28.8 Å². The molecule has 1 fully saturated rings. The van der Waals surface area contributed by atoms with Crippen molar-refractivity contribution < 1.29 is 19.4 Å². The fourth-order valence-electron chi connectivity index (χ4n) is 3.04. The minimum atomic E-state index is -0.852. The summed E-state index contributed by atoms with van der Waals surface area (Å²) in [6, 6.07) is 14.4. The second-order valence-electron chi connectivity index (χ2n) is 6.34. The Kier molecular flexibility index (Phi) is 5.78. The van der Waals surface area contributed by atoms with Gasteiger partial charge in [-0.05, 0) is 42.7 Å². The van der Waals surface area contributed by atoms with Crippen LogP contribution in [-0.2, 0) is 11.4 Å². The lowest BCUT2D eigenvalue weighted by Crippen LogP contribution is -2.42. The summed E-state index contributed by atoms with van der Waals surface area (Å²) in [5.74, 6) is -1.06. The van der Waals surface area contributed by atoms with Crippen LogP contribution in [0.3, 0.4) is 0 Å². The molecule has 2 aromatic carbocycles. The number of para-hydroxylation sites is 1. The molecule has 1 aliphatic rings. The van der Waals surface area contributed by atoms with Gasteiger partial charge >= 0.3 is 5.97 Å². The molecule has 0 saturated carbocycles. The van der Waals surface area contributed by atoms with Crippen LogP contribution in [0.25, 0.3) is 0 Å². The Bertz CT molecular complexity index is 791. The Morgan fingerprint density at radius 3 is 2.62 bits per heavy atom. The molecule has 1 amide bonds. The second-order valence-corrected chi connectivity index (χ2v) is 6.78. The molecule has 0 radical (unpaired) electrons. The van der Waals surface area contributed by atoms with E-state index in [1.807, 2.05) is 18.2 Å². The number of carboxylic acids is 1. The fraction of sp³-hybridized carbons (Fsp3) is 0.300. The van der Waals surface area contributed by atoms with Crippen molar-refractivity contribution in [1.29, 1.82) is 0 Å². The van der Waals surface area contributed by atoms with Crippen molar-refractivity contribution in [3.05, 3.63) is 64.7 Å². The van der Waals surface area contributed by atoms with Crippen LogP contribution >= 0.6 is 11.6 Å². The van der Waals surface area contributed by atoms with Crippen LogP contribution in [-0.4, -0.2) is 35.0 Å². The van der Waals surface area contributed by atoms with Gasteiger partial charge in [0, 0.05) is 18.1 Å². The van der Waals surface area contributed by atoms with Crippen molar-refractivity contribution in [2.45, 2.75) is 19.4 Å². The number of carbonyl (C=O) groups is 2. The monoisotopic (exact) mass is 373 g/mol. The number of aliphatic carboxylic acids is 1. The van der Waals surface area contributed by atoms with Gasteiger partial charge in [0.05, 0.1) is 11.5 Å². The number of ether oxygens (including phenoxy) is 1. The highest BCUT2D eigenvalue weighted by molar-refractivity contribution is 6.30. The third-order valence-electron chi connectivity index (χ3n) is 4.48. The maximum absolute atomic E-state index is 12.9. The quantitative estimate of drug-likeness (QED) is 0.864. The molecule has 2 aromatic rings. The van der Waals surface area contributed by atoms with Gasteiger partial charge in [-0.3, -0.25) is 9.59 Å². The minimum absolute atomic E-state index is 0.192. The smallest absolute Gasteiger partial charge is 0.308 e. The molecule has 3 rings (SSSR count). The molecule has 1 unspecified atom stereocenters. The van der Waals surface area contributed by atoms with E-state index in [1.54, 1.807) is 35.2 Å². The van der Waals surface area contributed by atoms with Crippen molar-refractivity contribution >= 4 is 23.5 Å². The van der Waals surface area contributed by atoms with Crippen molar-refractivity contribution in [3.8, 4) is 5.75 Å². The predicted molar refractivity (Wildman–Crippen MR) is 98.5 cm³/mol. The third-order valence-corrected chi connectivity index (χ3v) is 4.73. The summed E-state index contributed by atoms with van der Waals surface area (Å²) in [7, 11) is 0. The Hall–Kier alpha value is -2.53. The molecule has 0 spiro atoms. The zero-order valence-corrected chi connectivity index (χ0v) is 15.0. The summed E-state index contributed by atoms with van der Waals surface area (Å²) in [4.78, 5) is 25.7. The summed E-state index contributed by atoms with van der Waals surface area (Å²) in [5.41, 5.74) is 1.40. The second kappa shape index (κ2) is 8.23. The number of hydrogen-bond donors (Lipinski definition) is 1. The van der Waals surface area contributed by atoms with Gasteiger partial charge in [-0.1, -0.05) is 35.9 Å². The topological polar surface area (TPSA) is 66.8 Å². The summed E-state index contributed by atoms with van der Waals surface area (Å²) in [6.07, 6.45) is 1.30. The van der Waals surface area contributed by atoms with Crippen LogP contribution in [0.2, 0.25) is 5.02 Å². The van der Waals surface area contributed by atoms with Crippen LogP contribution < -0.4 is 4.74 Å². The number of benzene rings is 2. The standard InChI is InChI=1S/C20H20ClNO4/c21-16-9-7-14(8-10-16)13-26-18-6-2-1-5-17(18)19(23)22-11-3-4-15(12-22)20(24)25/h1-2,5-10,15H,3-4,11-13H2,(H,24,25). The van der Waals surface area contributed by atoms with Crippen molar-refractivity contribution in [1.82, 2.24) is 4.90 Å². The van der Waals surface area contributed by atoms with E-state index in [1.165, 1.54) is 0 Å². The first-order valence-electron chi connectivity index (χ1n) is 8.53. The highest BCUT2D eigenvalue weighted by Gasteiger charge is 2.29. The van der Waals surface area contributed by atoms with Crippen molar-refractivity contribution in [2.24, 2.45) is 5.92 Å². The summed E-state index contributed by atoms with van der Waals surface area (Å²) >= 11 is 5.88. The summed E-state index contributed by atoms with van der Waals surface area (Å²) in [5, 5.41) is 9.88. The molecule has 0 aromatic heterocycles. The van der Waals surface area contributed by atoms with E-state index in [0.29, 0.717) is 42.3 Å². The molecule has 6 heteroatoms. The number of piperidine rings is 1. The first-order chi connectivity index (χ1) is 12.5. The molecular formula is C20H20ClNO4. The average Bonchev–Trinajstić information content (AvgIpc) is 2.67. The molecule has 136 valence electrons. The number of nitrogens with zero attached hydrogens (tertiary/aromatic N) is 1. The maximum Gasteiger partial charge on any atom is 0.308 e. The highest BCUT2D eigenvalue weighted by Crippen LogP contribution is 2.25. The molecule has 0 bridgehead atoms. The normalized spacial score (nSPS) is 17.0. The van der Waals surface area contributed by atoms with E-state index in [2.05, 4.69) is 0 Å². The van der Waals surface area contributed by atoms with Gasteiger partial charge in [-0.25, -0.2) is 0 Å². The van der Waals surface area contributed by atoms with E-state index in [0.717, 1.165) is 5.56 Å². The average molecular weight is 374 g/mol. The lowest BCUT2D eigenvalue weighted by atomic mass is 9.97. The van der Waals surface area contributed by atoms with E-state index in [4.69, 9.17) is 16.3 Å². The fourth-order valence-corrected chi connectivity index (χ4v) is 3.17. The van der Waals surface area contributed by atoms with Gasteiger partial charge in [-0.2, -0.15) is 0 Å². The first kappa shape index (κ1) is 18.3. The molecule has 1 N–H and O–H groups in total. The zero-order chi connectivity index (χ0) is 18.5. The van der Waals surface area contributed by atoms with Gasteiger partial charge in [0.25, 0.3) is 5.91 Å².